The van der Waals surface area contributed by atoms with Gasteiger partial charge in [-0.05, 0) is 32.1 Å². The Kier molecular flexibility index (Phi) is 4.24. The van der Waals surface area contributed by atoms with Gasteiger partial charge in [-0.1, -0.05) is 6.92 Å². The monoisotopic (exact) mass is 288 g/mol. The molecule has 2 aromatic heterocycles. The zero-order chi connectivity index (χ0) is 14.7. The lowest BCUT2D eigenvalue weighted by Gasteiger charge is -2.27. The lowest BCUT2D eigenvalue weighted by molar-refractivity contribution is 0.410. The van der Waals surface area contributed by atoms with Crippen molar-refractivity contribution in [3.63, 3.8) is 0 Å². The van der Waals surface area contributed by atoms with E-state index in [2.05, 4.69) is 33.7 Å². The zero-order valence-electron chi connectivity index (χ0n) is 12.5. The Morgan fingerprint density at radius 1 is 1.33 bits per heavy atom. The summed E-state index contributed by atoms with van der Waals surface area (Å²) in [4.78, 5) is 4.36. The molecule has 2 heterocycles. The summed E-state index contributed by atoms with van der Waals surface area (Å²) in [7, 11) is 0. The van der Waals surface area contributed by atoms with Gasteiger partial charge in [0.1, 0.15) is 5.82 Å². The number of nitrogens with one attached hydrogen (secondary N) is 2. The van der Waals surface area contributed by atoms with E-state index in [1.54, 1.807) is 6.20 Å². The van der Waals surface area contributed by atoms with E-state index in [0.717, 1.165) is 55.8 Å². The minimum Gasteiger partial charge on any atom is -0.382 e. The Hall–Kier alpha value is -1.82. The van der Waals surface area contributed by atoms with Gasteiger partial charge in [0.15, 0.2) is 5.65 Å². The van der Waals surface area contributed by atoms with Gasteiger partial charge in [0.05, 0.1) is 5.69 Å². The average molecular weight is 288 g/mol. The number of anilines is 2. The summed E-state index contributed by atoms with van der Waals surface area (Å²) in [5, 5.41) is 11.6. The molecule has 0 aromatic carbocycles. The Bertz CT molecular complexity index is 585. The Morgan fingerprint density at radius 3 is 2.90 bits per heavy atom. The van der Waals surface area contributed by atoms with E-state index in [0.29, 0.717) is 12.1 Å². The van der Waals surface area contributed by atoms with Crippen LogP contribution in [0.4, 0.5) is 11.5 Å². The van der Waals surface area contributed by atoms with E-state index in [-0.39, 0.29) is 0 Å². The third kappa shape index (κ3) is 3.26. The van der Waals surface area contributed by atoms with E-state index in [1.165, 1.54) is 0 Å². The van der Waals surface area contributed by atoms with Gasteiger partial charge < -0.3 is 16.4 Å². The molecule has 21 heavy (non-hydrogen) atoms. The second-order valence-corrected chi connectivity index (χ2v) is 5.82. The highest BCUT2D eigenvalue weighted by atomic mass is 15.3. The van der Waals surface area contributed by atoms with Crippen molar-refractivity contribution in [2.75, 3.05) is 17.2 Å². The molecule has 2 aromatic rings. The number of rotatable bonds is 5. The molecular formula is C15H24N6. The Morgan fingerprint density at radius 2 is 2.14 bits per heavy atom. The van der Waals surface area contributed by atoms with Gasteiger partial charge in [-0.15, -0.1) is 5.10 Å². The molecule has 1 aliphatic rings. The SMILES string of the molecule is CCCNc1cc(NC2CCC(N)CC2)nn2ccnc12. The van der Waals surface area contributed by atoms with Gasteiger partial charge in [0.25, 0.3) is 0 Å². The van der Waals surface area contributed by atoms with Crippen LogP contribution in [0.5, 0.6) is 0 Å². The van der Waals surface area contributed by atoms with Gasteiger partial charge in [-0.25, -0.2) is 9.50 Å². The molecule has 0 amide bonds. The number of nitrogens with two attached hydrogens (primary N) is 1. The third-order valence-electron chi connectivity index (χ3n) is 4.05. The highest BCUT2D eigenvalue weighted by Gasteiger charge is 2.19. The smallest absolute Gasteiger partial charge is 0.177 e. The summed E-state index contributed by atoms with van der Waals surface area (Å²) in [5.41, 5.74) is 7.87. The van der Waals surface area contributed by atoms with Crippen LogP contribution in [-0.4, -0.2) is 33.2 Å². The van der Waals surface area contributed by atoms with Crippen molar-refractivity contribution in [2.45, 2.75) is 51.1 Å². The molecule has 4 N–H and O–H groups in total. The van der Waals surface area contributed by atoms with Crippen molar-refractivity contribution in [1.29, 1.82) is 0 Å². The maximum Gasteiger partial charge on any atom is 0.177 e. The van der Waals surface area contributed by atoms with Crippen LogP contribution in [0.2, 0.25) is 0 Å². The molecule has 3 rings (SSSR count). The first-order valence-electron chi connectivity index (χ1n) is 7.86. The quantitative estimate of drug-likeness (QED) is 0.786. The number of nitrogens with zero attached hydrogens (tertiary/aromatic N) is 3. The lowest BCUT2D eigenvalue weighted by atomic mass is 9.92. The van der Waals surface area contributed by atoms with Crippen LogP contribution in [0.1, 0.15) is 39.0 Å². The van der Waals surface area contributed by atoms with Crippen molar-refractivity contribution >= 4 is 17.2 Å². The van der Waals surface area contributed by atoms with E-state index in [4.69, 9.17) is 5.73 Å². The van der Waals surface area contributed by atoms with Crippen LogP contribution in [0, 0.1) is 0 Å². The van der Waals surface area contributed by atoms with Crippen LogP contribution >= 0.6 is 0 Å². The van der Waals surface area contributed by atoms with Crippen LogP contribution in [0.15, 0.2) is 18.5 Å². The molecule has 114 valence electrons. The van der Waals surface area contributed by atoms with Crippen molar-refractivity contribution < 1.29 is 0 Å². The zero-order valence-corrected chi connectivity index (χ0v) is 12.5. The fourth-order valence-corrected chi connectivity index (χ4v) is 2.85. The summed E-state index contributed by atoms with van der Waals surface area (Å²) >= 11 is 0. The predicted octanol–water partition coefficient (Wildman–Crippen LogP) is 2.23. The topological polar surface area (TPSA) is 80.3 Å². The molecule has 6 nitrogen and oxygen atoms in total. The molecule has 0 spiro atoms. The largest absolute Gasteiger partial charge is 0.382 e. The summed E-state index contributed by atoms with van der Waals surface area (Å²) in [6.07, 6.45) is 9.15. The third-order valence-corrected chi connectivity index (χ3v) is 4.05. The van der Waals surface area contributed by atoms with E-state index in [1.807, 2.05) is 10.7 Å². The number of hydrogen-bond acceptors (Lipinski definition) is 5. The van der Waals surface area contributed by atoms with Gasteiger partial charge in [0.2, 0.25) is 0 Å². The van der Waals surface area contributed by atoms with E-state index in [9.17, 15) is 0 Å². The molecule has 1 aliphatic carbocycles. The molecule has 0 saturated heterocycles. The minimum atomic E-state index is 0.369. The molecule has 0 atom stereocenters. The van der Waals surface area contributed by atoms with Crippen LogP contribution in [0.3, 0.4) is 0 Å². The van der Waals surface area contributed by atoms with Crippen molar-refractivity contribution in [2.24, 2.45) is 5.73 Å². The molecule has 6 heteroatoms. The lowest BCUT2D eigenvalue weighted by Crippen LogP contribution is -2.33. The van der Waals surface area contributed by atoms with Crippen LogP contribution < -0.4 is 16.4 Å². The fraction of sp³-hybridized carbons (Fsp3) is 0.600. The highest BCUT2D eigenvalue weighted by Crippen LogP contribution is 2.23. The maximum atomic E-state index is 5.96. The van der Waals surface area contributed by atoms with Crippen LogP contribution in [-0.2, 0) is 0 Å². The van der Waals surface area contributed by atoms with Crippen molar-refractivity contribution in [3.8, 4) is 0 Å². The average Bonchev–Trinajstić information content (AvgIpc) is 2.95. The fourth-order valence-electron chi connectivity index (χ4n) is 2.85. The normalized spacial score (nSPS) is 22.4. The van der Waals surface area contributed by atoms with Crippen LogP contribution in [0.25, 0.3) is 5.65 Å². The summed E-state index contributed by atoms with van der Waals surface area (Å²) in [6, 6.07) is 2.90. The minimum absolute atomic E-state index is 0.369. The number of imidazole rings is 1. The van der Waals surface area contributed by atoms with E-state index >= 15 is 0 Å². The second-order valence-electron chi connectivity index (χ2n) is 5.82. The predicted molar refractivity (Wildman–Crippen MR) is 85.6 cm³/mol. The van der Waals surface area contributed by atoms with Crippen molar-refractivity contribution in [3.05, 3.63) is 18.5 Å². The molecule has 0 unspecified atom stereocenters. The van der Waals surface area contributed by atoms with Crippen molar-refractivity contribution in [1.82, 2.24) is 14.6 Å². The van der Waals surface area contributed by atoms with Gasteiger partial charge in [0, 0.05) is 37.1 Å². The molecule has 1 saturated carbocycles. The molecule has 0 bridgehead atoms. The number of hydrogen-bond donors (Lipinski definition) is 3. The van der Waals surface area contributed by atoms with Gasteiger partial charge >= 0.3 is 0 Å². The Balaban J connectivity index is 1.78. The summed E-state index contributed by atoms with van der Waals surface area (Å²) in [5.74, 6) is 0.902. The molecule has 0 aliphatic heterocycles. The first kappa shape index (κ1) is 14.1. The summed E-state index contributed by atoms with van der Waals surface area (Å²) in [6.45, 7) is 3.09. The van der Waals surface area contributed by atoms with Gasteiger partial charge in [-0.2, -0.15) is 0 Å². The molecule has 0 radical (unpaired) electrons. The van der Waals surface area contributed by atoms with E-state index < -0.39 is 0 Å². The molecule has 1 fully saturated rings. The first-order chi connectivity index (χ1) is 10.3. The highest BCUT2D eigenvalue weighted by molar-refractivity contribution is 5.70. The Labute approximate surface area is 125 Å². The number of fused-ring (bicyclic) bond motifs is 1. The molecular weight excluding hydrogens is 264 g/mol. The second kappa shape index (κ2) is 6.30. The number of aromatic nitrogens is 3. The standard InChI is InChI=1S/C15H24N6/c1-2-7-17-13-10-14(20-21-9-8-18-15(13)21)19-12-5-3-11(16)4-6-12/h8-12,17H,2-7,16H2,1H3,(H,19,20). The maximum absolute atomic E-state index is 5.96. The van der Waals surface area contributed by atoms with Gasteiger partial charge in [-0.3, -0.25) is 0 Å². The first-order valence-corrected chi connectivity index (χ1v) is 7.86. The summed E-state index contributed by atoms with van der Waals surface area (Å²) < 4.78 is 1.83.